The average molecular weight is 204 g/mol. The average Bonchev–Trinajstić information content (AvgIpc) is 2.63. The zero-order valence-corrected chi connectivity index (χ0v) is 8.33. The first-order valence-corrected chi connectivity index (χ1v) is 4.80. The van der Waals surface area contributed by atoms with E-state index in [1.807, 2.05) is 13.8 Å². The molecule has 1 aromatic heterocycles. The molecule has 14 heavy (non-hydrogen) atoms. The van der Waals surface area contributed by atoms with E-state index in [0.29, 0.717) is 5.89 Å². The maximum Gasteiger partial charge on any atom is 0.314 e. The van der Waals surface area contributed by atoms with Crippen LogP contribution in [-0.4, -0.2) is 10.2 Å². The molecule has 0 aliphatic rings. The summed E-state index contributed by atoms with van der Waals surface area (Å²) in [5.41, 5.74) is 0. The molecule has 80 valence electrons. The van der Waals surface area contributed by atoms with Gasteiger partial charge in [0.2, 0.25) is 5.89 Å². The van der Waals surface area contributed by atoms with Gasteiger partial charge >= 0.3 is 6.43 Å². The van der Waals surface area contributed by atoms with Crippen LogP contribution in [0.3, 0.4) is 0 Å². The van der Waals surface area contributed by atoms with Gasteiger partial charge in [0, 0.05) is 5.92 Å². The second kappa shape index (κ2) is 5.02. The van der Waals surface area contributed by atoms with E-state index in [0.717, 1.165) is 19.3 Å². The van der Waals surface area contributed by atoms with Crippen molar-refractivity contribution in [3.8, 4) is 0 Å². The standard InChI is InChI=1S/C9H14F2N2O/c1-3-5-6(4-2)8-12-13-9(14-8)7(10)11/h6-7H,3-5H2,1-2H3. The number of aromatic nitrogens is 2. The van der Waals surface area contributed by atoms with Gasteiger partial charge in [-0.1, -0.05) is 20.3 Å². The number of alkyl halides is 2. The number of halogens is 2. The second-order valence-corrected chi connectivity index (χ2v) is 3.17. The van der Waals surface area contributed by atoms with E-state index in [1.54, 1.807) is 0 Å². The molecule has 0 amide bonds. The Bertz CT molecular complexity index is 276. The quantitative estimate of drug-likeness (QED) is 0.738. The van der Waals surface area contributed by atoms with Gasteiger partial charge in [-0.05, 0) is 12.8 Å². The maximum atomic E-state index is 12.1. The molecule has 0 bridgehead atoms. The van der Waals surface area contributed by atoms with E-state index < -0.39 is 12.3 Å². The van der Waals surface area contributed by atoms with Gasteiger partial charge in [0.05, 0.1) is 0 Å². The van der Waals surface area contributed by atoms with Gasteiger partial charge in [-0.25, -0.2) is 0 Å². The van der Waals surface area contributed by atoms with Gasteiger partial charge < -0.3 is 4.42 Å². The molecule has 0 saturated carbocycles. The zero-order chi connectivity index (χ0) is 10.6. The van der Waals surface area contributed by atoms with Crippen LogP contribution in [0.4, 0.5) is 8.78 Å². The molecule has 0 fully saturated rings. The van der Waals surface area contributed by atoms with Crippen molar-refractivity contribution < 1.29 is 13.2 Å². The molecule has 0 aromatic carbocycles. The van der Waals surface area contributed by atoms with Crippen molar-refractivity contribution in [2.24, 2.45) is 0 Å². The first-order chi connectivity index (χ1) is 6.69. The number of hydrogen-bond donors (Lipinski definition) is 0. The van der Waals surface area contributed by atoms with Gasteiger partial charge in [0.25, 0.3) is 5.89 Å². The summed E-state index contributed by atoms with van der Waals surface area (Å²) in [6.07, 6.45) is 0.0284. The Kier molecular flexibility index (Phi) is 3.98. The summed E-state index contributed by atoms with van der Waals surface area (Å²) in [6.45, 7) is 4.01. The van der Waals surface area contributed by atoms with Crippen LogP contribution in [0.15, 0.2) is 4.42 Å². The molecule has 0 saturated heterocycles. The van der Waals surface area contributed by atoms with Crippen molar-refractivity contribution in [3.05, 3.63) is 11.8 Å². The van der Waals surface area contributed by atoms with E-state index in [9.17, 15) is 8.78 Å². The van der Waals surface area contributed by atoms with Crippen LogP contribution in [0.2, 0.25) is 0 Å². The summed E-state index contributed by atoms with van der Waals surface area (Å²) in [6, 6.07) is 0. The normalized spacial score (nSPS) is 13.5. The Labute approximate surface area is 81.5 Å². The van der Waals surface area contributed by atoms with Crippen LogP contribution in [0.25, 0.3) is 0 Å². The van der Waals surface area contributed by atoms with Crippen LogP contribution in [0.5, 0.6) is 0 Å². The van der Waals surface area contributed by atoms with Crippen LogP contribution >= 0.6 is 0 Å². The van der Waals surface area contributed by atoms with E-state index in [2.05, 4.69) is 10.2 Å². The molecule has 0 spiro atoms. The third-order valence-electron chi connectivity index (χ3n) is 2.12. The van der Waals surface area contributed by atoms with Gasteiger partial charge in [-0.15, -0.1) is 10.2 Å². The lowest BCUT2D eigenvalue weighted by atomic mass is 10.0. The minimum Gasteiger partial charge on any atom is -0.419 e. The van der Waals surface area contributed by atoms with Crippen molar-refractivity contribution in [2.75, 3.05) is 0 Å². The summed E-state index contributed by atoms with van der Waals surface area (Å²) in [4.78, 5) is 0. The highest BCUT2D eigenvalue weighted by Crippen LogP contribution is 2.26. The highest BCUT2D eigenvalue weighted by atomic mass is 19.3. The lowest BCUT2D eigenvalue weighted by Gasteiger charge is -2.07. The van der Waals surface area contributed by atoms with Crippen molar-refractivity contribution >= 4 is 0 Å². The highest BCUT2D eigenvalue weighted by Gasteiger charge is 2.20. The first-order valence-electron chi connectivity index (χ1n) is 4.80. The molecule has 1 unspecified atom stereocenters. The van der Waals surface area contributed by atoms with Crippen molar-refractivity contribution in [1.82, 2.24) is 10.2 Å². The Hall–Kier alpha value is -1.00. The van der Waals surface area contributed by atoms with Crippen molar-refractivity contribution in [2.45, 2.75) is 45.5 Å². The fraction of sp³-hybridized carbons (Fsp3) is 0.778. The lowest BCUT2D eigenvalue weighted by molar-refractivity contribution is 0.112. The predicted molar refractivity (Wildman–Crippen MR) is 47.2 cm³/mol. The third kappa shape index (κ3) is 2.49. The maximum absolute atomic E-state index is 12.1. The molecule has 1 aromatic rings. The molecule has 0 N–H and O–H groups in total. The van der Waals surface area contributed by atoms with Gasteiger partial charge in [-0.2, -0.15) is 8.78 Å². The molecule has 1 rings (SSSR count). The highest BCUT2D eigenvalue weighted by molar-refractivity contribution is 4.91. The van der Waals surface area contributed by atoms with Gasteiger partial charge in [0.1, 0.15) is 0 Å². The molecule has 1 atom stereocenters. The van der Waals surface area contributed by atoms with E-state index in [1.165, 1.54) is 0 Å². The van der Waals surface area contributed by atoms with Crippen LogP contribution < -0.4 is 0 Å². The third-order valence-corrected chi connectivity index (χ3v) is 2.12. The minimum atomic E-state index is -2.67. The van der Waals surface area contributed by atoms with E-state index in [4.69, 9.17) is 4.42 Å². The van der Waals surface area contributed by atoms with Gasteiger partial charge in [0.15, 0.2) is 0 Å². The smallest absolute Gasteiger partial charge is 0.314 e. The fourth-order valence-electron chi connectivity index (χ4n) is 1.35. The number of hydrogen-bond acceptors (Lipinski definition) is 3. The van der Waals surface area contributed by atoms with Crippen LogP contribution in [-0.2, 0) is 0 Å². The molecule has 3 nitrogen and oxygen atoms in total. The Morgan fingerprint density at radius 1 is 1.21 bits per heavy atom. The predicted octanol–water partition coefficient (Wildman–Crippen LogP) is 3.30. The molecular formula is C9H14F2N2O. The SMILES string of the molecule is CCCC(CC)c1nnc(C(F)F)o1. The molecule has 5 heteroatoms. The van der Waals surface area contributed by atoms with Crippen molar-refractivity contribution in [1.29, 1.82) is 0 Å². The molecule has 0 aliphatic heterocycles. The second-order valence-electron chi connectivity index (χ2n) is 3.17. The largest absolute Gasteiger partial charge is 0.419 e. The summed E-state index contributed by atoms with van der Waals surface area (Å²) in [5, 5.41) is 6.93. The summed E-state index contributed by atoms with van der Waals surface area (Å²) < 4.78 is 29.2. The first kappa shape index (κ1) is 11.1. The fourth-order valence-corrected chi connectivity index (χ4v) is 1.35. The van der Waals surface area contributed by atoms with Crippen molar-refractivity contribution in [3.63, 3.8) is 0 Å². The van der Waals surface area contributed by atoms with Gasteiger partial charge in [-0.3, -0.25) is 0 Å². The molecule has 0 aliphatic carbocycles. The zero-order valence-electron chi connectivity index (χ0n) is 8.33. The molecular weight excluding hydrogens is 190 g/mol. The Morgan fingerprint density at radius 2 is 1.86 bits per heavy atom. The lowest BCUT2D eigenvalue weighted by Crippen LogP contribution is -1.96. The minimum absolute atomic E-state index is 0.111. The summed E-state index contributed by atoms with van der Waals surface area (Å²) in [5.74, 6) is -0.126. The van der Waals surface area contributed by atoms with E-state index >= 15 is 0 Å². The Morgan fingerprint density at radius 3 is 2.29 bits per heavy atom. The van der Waals surface area contributed by atoms with Crippen LogP contribution in [0, 0.1) is 0 Å². The molecule has 1 heterocycles. The van der Waals surface area contributed by atoms with E-state index in [-0.39, 0.29) is 5.92 Å². The number of nitrogens with zero attached hydrogens (tertiary/aromatic N) is 2. The summed E-state index contributed by atoms with van der Waals surface area (Å²) >= 11 is 0. The number of rotatable bonds is 5. The molecule has 0 radical (unpaired) electrons. The Balaban J connectivity index is 2.73. The topological polar surface area (TPSA) is 38.9 Å². The summed E-state index contributed by atoms with van der Waals surface area (Å²) in [7, 11) is 0. The van der Waals surface area contributed by atoms with Crippen LogP contribution in [0.1, 0.15) is 57.2 Å². The monoisotopic (exact) mass is 204 g/mol.